The van der Waals surface area contributed by atoms with E-state index < -0.39 is 0 Å². The van der Waals surface area contributed by atoms with Gasteiger partial charge in [0.1, 0.15) is 0 Å². The first-order valence-corrected chi connectivity index (χ1v) is 8.69. The summed E-state index contributed by atoms with van der Waals surface area (Å²) < 4.78 is 1.88. The largest absolute Gasteiger partial charge is 0.325 e. The predicted molar refractivity (Wildman–Crippen MR) is 87.8 cm³/mol. The summed E-state index contributed by atoms with van der Waals surface area (Å²) in [5.74, 6) is 0.648. The quantitative estimate of drug-likeness (QED) is 0.801. The molecule has 0 aliphatic carbocycles. The predicted octanol–water partition coefficient (Wildman–Crippen LogP) is 4.07. The fourth-order valence-electron chi connectivity index (χ4n) is 3.40. The molecule has 0 aromatic heterocycles. The standard InChI is InChI=1S/C15H18Br2N2O/c16-10-1-4-13(17)14(8-10)19-15(20)7-9-5-11-2-3-12(6-9)18-11/h1,4,8-9,11-12,18H,2-3,5-7H2,(H,19,20). The van der Waals surface area contributed by atoms with Crippen molar-refractivity contribution in [2.24, 2.45) is 5.92 Å². The second kappa shape index (κ2) is 6.16. The van der Waals surface area contributed by atoms with Crippen LogP contribution in [0.3, 0.4) is 0 Å². The van der Waals surface area contributed by atoms with Gasteiger partial charge < -0.3 is 10.6 Å². The topological polar surface area (TPSA) is 41.1 Å². The van der Waals surface area contributed by atoms with Crippen molar-refractivity contribution in [3.8, 4) is 0 Å². The third-order valence-electron chi connectivity index (χ3n) is 4.25. The van der Waals surface area contributed by atoms with E-state index in [0.717, 1.165) is 27.5 Å². The molecule has 2 saturated heterocycles. The molecular weight excluding hydrogens is 384 g/mol. The number of amides is 1. The lowest BCUT2D eigenvalue weighted by Crippen LogP contribution is -2.39. The summed E-state index contributed by atoms with van der Waals surface area (Å²) in [6.45, 7) is 0. The van der Waals surface area contributed by atoms with E-state index in [1.54, 1.807) is 0 Å². The van der Waals surface area contributed by atoms with Crippen LogP contribution in [0.2, 0.25) is 0 Å². The zero-order chi connectivity index (χ0) is 14.1. The molecule has 2 fully saturated rings. The second-order valence-electron chi connectivity index (χ2n) is 5.85. The van der Waals surface area contributed by atoms with E-state index in [-0.39, 0.29) is 5.91 Å². The molecule has 2 aliphatic heterocycles. The van der Waals surface area contributed by atoms with Crippen molar-refractivity contribution in [2.75, 3.05) is 5.32 Å². The Labute approximate surface area is 136 Å². The Kier molecular flexibility index (Phi) is 4.48. The summed E-state index contributed by atoms with van der Waals surface area (Å²) in [6.07, 6.45) is 5.47. The molecule has 2 bridgehead atoms. The summed E-state index contributed by atoms with van der Waals surface area (Å²) in [6, 6.07) is 7.09. The molecule has 3 rings (SSSR count). The van der Waals surface area contributed by atoms with Crippen molar-refractivity contribution >= 4 is 43.5 Å². The molecule has 0 spiro atoms. The molecule has 2 aliphatic rings. The van der Waals surface area contributed by atoms with Gasteiger partial charge in [-0.05, 0) is 65.7 Å². The van der Waals surface area contributed by atoms with Crippen LogP contribution in [0.1, 0.15) is 32.1 Å². The summed E-state index contributed by atoms with van der Waals surface area (Å²) in [4.78, 5) is 12.2. The second-order valence-corrected chi connectivity index (χ2v) is 7.62. The molecule has 5 heteroatoms. The third-order valence-corrected chi connectivity index (χ3v) is 5.43. The highest BCUT2D eigenvalue weighted by atomic mass is 79.9. The van der Waals surface area contributed by atoms with E-state index in [4.69, 9.17) is 0 Å². The van der Waals surface area contributed by atoms with E-state index in [1.807, 2.05) is 18.2 Å². The fourth-order valence-corrected chi connectivity index (χ4v) is 4.11. The Morgan fingerprint density at radius 2 is 1.95 bits per heavy atom. The van der Waals surface area contributed by atoms with E-state index in [9.17, 15) is 4.79 Å². The van der Waals surface area contributed by atoms with Crippen molar-refractivity contribution < 1.29 is 4.79 Å². The number of benzene rings is 1. The Balaban J connectivity index is 1.58. The molecule has 1 aromatic carbocycles. The van der Waals surface area contributed by atoms with Crippen molar-refractivity contribution in [1.82, 2.24) is 5.32 Å². The van der Waals surface area contributed by atoms with Gasteiger partial charge in [0.15, 0.2) is 0 Å². The Bertz CT molecular complexity index is 509. The van der Waals surface area contributed by atoms with Crippen LogP contribution < -0.4 is 10.6 Å². The summed E-state index contributed by atoms with van der Waals surface area (Å²) >= 11 is 6.90. The summed E-state index contributed by atoms with van der Waals surface area (Å²) in [5, 5.41) is 6.63. The Morgan fingerprint density at radius 3 is 2.65 bits per heavy atom. The van der Waals surface area contributed by atoms with Crippen LogP contribution in [-0.2, 0) is 4.79 Å². The van der Waals surface area contributed by atoms with Crippen molar-refractivity contribution in [3.63, 3.8) is 0 Å². The molecule has 2 unspecified atom stereocenters. The molecule has 2 heterocycles. The molecule has 2 N–H and O–H groups in total. The van der Waals surface area contributed by atoms with Crippen LogP contribution in [0.5, 0.6) is 0 Å². The first kappa shape index (κ1) is 14.5. The number of hydrogen-bond donors (Lipinski definition) is 2. The van der Waals surface area contributed by atoms with Crippen LogP contribution >= 0.6 is 31.9 Å². The summed E-state index contributed by atoms with van der Waals surface area (Å²) in [5.41, 5.74) is 0.835. The third kappa shape index (κ3) is 3.43. The molecule has 1 aromatic rings. The number of halogens is 2. The smallest absolute Gasteiger partial charge is 0.224 e. The highest BCUT2D eigenvalue weighted by Gasteiger charge is 2.34. The summed E-state index contributed by atoms with van der Waals surface area (Å²) in [7, 11) is 0. The van der Waals surface area contributed by atoms with Gasteiger partial charge in [-0.15, -0.1) is 0 Å². The average molecular weight is 402 g/mol. The molecular formula is C15H18Br2N2O. The van der Waals surface area contributed by atoms with Crippen molar-refractivity contribution in [3.05, 3.63) is 27.1 Å². The van der Waals surface area contributed by atoms with Crippen molar-refractivity contribution in [2.45, 2.75) is 44.2 Å². The van der Waals surface area contributed by atoms with Crippen LogP contribution in [0.15, 0.2) is 27.1 Å². The zero-order valence-electron chi connectivity index (χ0n) is 11.2. The molecule has 1 amide bonds. The highest BCUT2D eigenvalue weighted by molar-refractivity contribution is 9.11. The number of carbonyl (C=O) groups is 1. The SMILES string of the molecule is O=C(CC1CC2CCC(C1)N2)Nc1cc(Br)ccc1Br. The monoisotopic (exact) mass is 400 g/mol. The highest BCUT2D eigenvalue weighted by Crippen LogP contribution is 2.33. The van der Waals surface area contributed by atoms with Gasteiger partial charge in [0, 0.05) is 27.4 Å². The van der Waals surface area contributed by atoms with Gasteiger partial charge in [-0.1, -0.05) is 15.9 Å². The van der Waals surface area contributed by atoms with Gasteiger partial charge in [0.25, 0.3) is 0 Å². The van der Waals surface area contributed by atoms with Crippen LogP contribution in [0.4, 0.5) is 5.69 Å². The average Bonchev–Trinajstić information content (AvgIpc) is 2.73. The number of fused-ring (bicyclic) bond motifs is 2. The normalized spacial score (nSPS) is 28.4. The van der Waals surface area contributed by atoms with E-state index in [1.165, 1.54) is 12.8 Å². The van der Waals surface area contributed by atoms with Gasteiger partial charge in [-0.2, -0.15) is 0 Å². The minimum Gasteiger partial charge on any atom is -0.325 e. The van der Waals surface area contributed by atoms with Gasteiger partial charge in [-0.3, -0.25) is 4.79 Å². The van der Waals surface area contributed by atoms with Gasteiger partial charge >= 0.3 is 0 Å². The maximum absolute atomic E-state index is 12.2. The van der Waals surface area contributed by atoms with E-state index >= 15 is 0 Å². The molecule has 0 radical (unpaired) electrons. The minimum atomic E-state index is 0.120. The van der Waals surface area contributed by atoms with Crippen LogP contribution in [0.25, 0.3) is 0 Å². The molecule has 20 heavy (non-hydrogen) atoms. The van der Waals surface area contributed by atoms with E-state index in [2.05, 4.69) is 42.5 Å². The Morgan fingerprint density at radius 1 is 1.25 bits per heavy atom. The Hall–Kier alpha value is -0.390. The number of carbonyl (C=O) groups excluding carboxylic acids is 1. The number of nitrogens with one attached hydrogen (secondary N) is 2. The zero-order valence-corrected chi connectivity index (χ0v) is 14.3. The van der Waals surface area contributed by atoms with Crippen LogP contribution in [-0.4, -0.2) is 18.0 Å². The molecule has 2 atom stereocenters. The molecule has 3 nitrogen and oxygen atoms in total. The van der Waals surface area contributed by atoms with Gasteiger partial charge in [-0.25, -0.2) is 0 Å². The maximum atomic E-state index is 12.2. The minimum absolute atomic E-state index is 0.120. The number of anilines is 1. The number of piperidine rings is 1. The van der Waals surface area contributed by atoms with Gasteiger partial charge in [0.05, 0.1) is 5.69 Å². The lowest BCUT2D eigenvalue weighted by molar-refractivity contribution is -0.117. The van der Waals surface area contributed by atoms with E-state index in [0.29, 0.717) is 24.4 Å². The van der Waals surface area contributed by atoms with Crippen LogP contribution in [0, 0.1) is 5.92 Å². The lowest BCUT2D eigenvalue weighted by Gasteiger charge is -2.28. The molecule has 108 valence electrons. The first-order chi connectivity index (χ1) is 9.60. The fraction of sp³-hybridized carbons (Fsp3) is 0.533. The van der Waals surface area contributed by atoms with Crippen molar-refractivity contribution in [1.29, 1.82) is 0 Å². The first-order valence-electron chi connectivity index (χ1n) is 7.11. The number of rotatable bonds is 3. The number of hydrogen-bond acceptors (Lipinski definition) is 2. The lowest BCUT2D eigenvalue weighted by atomic mass is 9.89. The molecule has 0 saturated carbocycles. The van der Waals surface area contributed by atoms with Gasteiger partial charge in [0.2, 0.25) is 5.91 Å². The maximum Gasteiger partial charge on any atom is 0.224 e.